The number of piperidine rings is 1. The lowest BCUT2D eigenvalue weighted by Crippen LogP contribution is -2.42. The van der Waals surface area contributed by atoms with Crippen LogP contribution >= 0.6 is 0 Å². The Morgan fingerprint density at radius 3 is 2.61 bits per heavy atom. The van der Waals surface area contributed by atoms with E-state index in [0.717, 1.165) is 23.9 Å². The maximum absolute atomic E-state index is 13.1. The van der Waals surface area contributed by atoms with Gasteiger partial charge in [-0.1, -0.05) is 18.2 Å². The number of carbonyl (C=O) groups is 1. The van der Waals surface area contributed by atoms with Gasteiger partial charge in [-0.2, -0.15) is 0 Å². The highest BCUT2D eigenvalue weighted by molar-refractivity contribution is 5.88. The average Bonchev–Trinajstić information content (AvgIpc) is 3.22. The molecule has 6 heteroatoms. The van der Waals surface area contributed by atoms with Crippen LogP contribution in [0.3, 0.4) is 0 Å². The summed E-state index contributed by atoms with van der Waals surface area (Å²) < 4.78 is 26.1. The standard InChI is InChI=1S/C25H28F2N2O2/c1-15-11-16(2)24-20(7-9-28-24)21(15)12-19-8-10-29(14-23(26)27)13-22(19)17-3-5-18(6-4-17)25(30)31/h3-7,9,11,19,22-23,28H,8,10,12-14H2,1-2H3,(H,30,31). The summed E-state index contributed by atoms with van der Waals surface area (Å²) in [4.78, 5) is 16.4. The maximum Gasteiger partial charge on any atom is 0.335 e. The number of aromatic amines is 1. The van der Waals surface area contributed by atoms with Crippen LogP contribution in [0.5, 0.6) is 0 Å². The van der Waals surface area contributed by atoms with Crippen molar-refractivity contribution in [2.45, 2.75) is 39.0 Å². The molecule has 1 aliphatic heterocycles. The fourth-order valence-electron chi connectivity index (χ4n) is 5.10. The van der Waals surface area contributed by atoms with Gasteiger partial charge < -0.3 is 10.1 Å². The van der Waals surface area contributed by atoms with E-state index < -0.39 is 12.4 Å². The molecule has 2 aromatic carbocycles. The molecule has 4 nitrogen and oxygen atoms in total. The van der Waals surface area contributed by atoms with Crippen molar-refractivity contribution in [2.24, 2.45) is 5.92 Å². The molecule has 0 spiro atoms. The van der Waals surface area contributed by atoms with Gasteiger partial charge in [-0.15, -0.1) is 0 Å². The first-order valence-corrected chi connectivity index (χ1v) is 10.7. The van der Waals surface area contributed by atoms with Crippen molar-refractivity contribution >= 4 is 16.9 Å². The number of nitrogens with zero attached hydrogens (tertiary/aromatic N) is 1. The Hall–Kier alpha value is -2.73. The van der Waals surface area contributed by atoms with Gasteiger partial charge in [0.15, 0.2) is 0 Å². The number of benzene rings is 2. The summed E-state index contributed by atoms with van der Waals surface area (Å²) in [7, 11) is 0. The Morgan fingerprint density at radius 2 is 1.94 bits per heavy atom. The van der Waals surface area contributed by atoms with Gasteiger partial charge in [0.05, 0.1) is 12.1 Å². The molecule has 4 rings (SSSR count). The van der Waals surface area contributed by atoms with E-state index in [0.29, 0.717) is 19.0 Å². The second-order valence-corrected chi connectivity index (χ2v) is 8.69. The number of aromatic carboxylic acids is 1. The van der Waals surface area contributed by atoms with Gasteiger partial charge in [0, 0.05) is 23.6 Å². The zero-order valence-corrected chi connectivity index (χ0v) is 17.9. The first kappa shape index (κ1) is 21.5. The highest BCUT2D eigenvalue weighted by Gasteiger charge is 2.32. The molecule has 3 aromatic rings. The third kappa shape index (κ3) is 4.49. The number of nitrogens with one attached hydrogen (secondary N) is 1. The van der Waals surface area contributed by atoms with Crippen LogP contribution in [0.25, 0.3) is 10.9 Å². The smallest absolute Gasteiger partial charge is 0.335 e. The predicted octanol–water partition coefficient (Wildman–Crippen LogP) is 5.40. The third-order valence-corrected chi connectivity index (χ3v) is 6.66. The molecule has 2 heterocycles. The van der Waals surface area contributed by atoms with Gasteiger partial charge in [0.1, 0.15) is 0 Å². The van der Waals surface area contributed by atoms with E-state index >= 15 is 0 Å². The SMILES string of the molecule is Cc1cc(C)c2[nH]ccc2c1CC1CCN(CC(F)F)CC1c1ccc(C(=O)O)cc1. The summed E-state index contributed by atoms with van der Waals surface area (Å²) in [6, 6.07) is 11.2. The highest BCUT2D eigenvalue weighted by atomic mass is 19.3. The second-order valence-electron chi connectivity index (χ2n) is 8.69. The zero-order chi connectivity index (χ0) is 22.1. The average molecular weight is 427 g/mol. The van der Waals surface area contributed by atoms with Crippen molar-refractivity contribution in [3.63, 3.8) is 0 Å². The number of fused-ring (bicyclic) bond motifs is 1. The minimum atomic E-state index is -2.36. The molecule has 1 aromatic heterocycles. The van der Waals surface area contributed by atoms with E-state index in [1.165, 1.54) is 22.1 Å². The monoisotopic (exact) mass is 426 g/mol. The number of hydrogen-bond donors (Lipinski definition) is 2. The topological polar surface area (TPSA) is 56.3 Å². The molecule has 2 atom stereocenters. The van der Waals surface area contributed by atoms with Crippen LogP contribution in [0.4, 0.5) is 8.78 Å². The Labute approximate surface area is 180 Å². The van der Waals surface area contributed by atoms with E-state index in [2.05, 4.69) is 31.0 Å². The number of aromatic nitrogens is 1. The van der Waals surface area contributed by atoms with E-state index in [1.54, 1.807) is 12.1 Å². The molecular weight excluding hydrogens is 398 g/mol. The molecule has 164 valence electrons. The second kappa shape index (κ2) is 8.79. The molecular formula is C25H28F2N2O2. The summed E-state index contributed by atoms with van der Waals surface area (Å²) in [6.45, 7) is 5.23. The molecule has 0 amide bonds. The molecule has 1 saturated heterocycles. The van der Waals surface area contributed by atoms with Crippen molar-refractivity contribution < 1.29 is 18.7 Å². The summed E-state index contributed by atoms with van der Waals surface area (Å²) >= 11 is 0. The molecule has 0 bridgehead atoms. The highest BCUT2D eigenvalue weighted by Crippen LogP contribution is 2.37. The number of H-pyrrole nitrogens is 1. The van der Waals surface area contributed by atoms with Gasteiger partial charge in [-0.3, -0.25) is 4.90 Å². The van der Waals surface area contributed by atoms with Gasteiger partial charge in [0.2, 0.25) is 0 Å². The fraction of sp³-hybridized carbons (Fsp3) is 0.400. The lowest BCUT2D eigenvalue weighted by molar-refractivity contribution is 0.0611. The summed E-state index contributed by atoms with van der Waals surface area (Å²) in [6.07, 6.45) is 1.31. The number of halogens is 2. The molecule has 0 radical (unpaired) electrons. The van der Waals surface area contributed by atoms with Crippen LogP contribution in [-0.4, -0.2) is 47.0 Å². The van der Waals surface area contributed by atoms with Crippen molar-refractivity contribution in [3.05, 3.63) is 70.4 Å². The van der Waals surface area contributed by atoms with Gasteiger partial charge in [0.25, 0.3) is 6.43 Å². The van der Waals surface area contributed by atoms with Crippen molar-refractivity contribution in [1.82, 2.24) is 9.88 Å². The number of likely N-dealkylation sites (tertiary alicyclic amines) is 1. The molecule has 1 fully saturated rings. The van der Waals surface area contributed by atoms with Crippen molar-refractivity contribution in [2.75, 3.05) is 19.6 Å². The van der Waals surface area contributed by atoms with Crippen LogP contribution in [0.15, 0.2) is 42.6 Å². The van der Waals surface area contributed by atoms with Gasteiger partial charge >= 0.3 is 5.97 Å². The molecule has 0 aliphatic carbocycles. The summed E-state index contributed by atoms with van der Waals surface area (Å²) in [5, 5.41) is 10.4. The minimum Gasteiger partial charge on any atom is -0.478 e. The first-order valence-electron chi connectivity index (χ1n) is 10.7. The normalized spacial score (nSPS) is 19.9. The molecule has 2 unspecified atom stereocenters. The molecule has 0 saturated carbocycles. The Kier molecular flexibility index (Phi) is 6.10. The van der Waals surface area contributed by atoms with Crippen molar-refractivity contribution in [1.29, 1.82) is 0 Å². The zero-order valence-electron chi connectivity index (χ0n) is 17.9. The van der Waals surface area contributed by atoms with Crippen LogP contribution in [0.1, 0.15) is 45.0 Å². The maximum atomic E-state index is 13.1. The lowest BCUT2D eigenvalue weighted by Gasteiger charge is -2.39. The van der Waals surface area contributed by atoms with Gasteiger partial charge in [-0.05, 0) is 85.5 Å². The van der Waals surface area contributed by atoms with E-state index in [-0.39, 0.29) is 18.0 Å². The molecule has 2 N–H and O–H groups in total. The summed E-state index contributed by atoms with van der Waals surface area (Å²) in [5.41, 5.74) is 6.18. The number of rotatable bonds is 6. The summed E-state index contributed by atoms with van der Waals surface area (Å²) in [5.74, 6) is -0.592. The minimum absolute atomic E-state index is 0.0741. The Balaban J connectivity index is 1.66. The van der Waals surface area contributed by atoms with E-state index in [4.69, 9.17) is 0 Å². The molecule has 31 heavy (non-hydrogen) atoms. The largest absolute Gasteiger partial charge is 0.478 e. The first-order chi connectivity index (χ1) is 14.8. The quantitative estimate of drug-likeness (QED) is 0.555. The fourth-order valence-corrected chi connectivity index (χ4v) is 5.10. The predicted molar refractivity (Wildman–Crippen MR) is 118 cm³/mol. The number of alkyl halides is 2. The van der Waals surface area contributed by atoms with Crippen LogP contribution < -0.4 is 0 Å². The van der Waals surface area contributed by atoms with E-state index in [9.17, 15) is 18.7 Å². The Morgan fingerprint density at radius 1 is 1.19 bits per heavy atom. The number of carboxylic acids is 1. The van der Waals surface area contributed by atoms with Crippen LogP contribution in [-0.2, 0) is 6.42 Å². The van der Waals surface area contributed by atoms with Crippen LogP contribution in [0.2, 0.25) is 0 Å². The lowest BCUT2D eigenvalue weighted by atomic mass is 9.76. The van der Waals surface area contributed by atoms with Crippen molar-refractivity contribution in [3.8, 4) is 0 Å². The van der Waals surface area contributed by atoms with Gasteiger partial charge in [-0.25, -0.2) is 13.6 Å². The number of carboxylic acid groups (broad SMARTS) is 1. The third-order valence-electron chi connectivity index (χ3n) is 6.66. The Bertz CT molecular complexity index is 1080. The van der Waals surface area contributed by atoms with Crippen LogP contribution in [0, 0.1) is 19.8 Å². The van der Waals surface area contributed by atoms with E-state index in [1.807, 2.05) is 23.2 Å². The number of hydrogen-bond acceptors (Lipinski definition) is 2. The molecule has 1 aliphatic rings. The number of aryl methyl sites for hydroxylation is 2.